The van der Waals surface area contributed by atoms with Crippen molar-refractivity contribution in [1.29, 1.82) is 0 Å². The summed E-state index contributed by atoms with van der Waals surface area (Å²) in [5.41, 5.74) is 3.61. The first kappa shape index (κ1) is 11.6. The fourth-order valence-corrected chi connectivity index (χ4v) is 1.91. The molecule has 0 saturated heterocycles. The smallest absolute Gasteiger partial charge is 0.0657 e. The number of rotatable bonds is 4. The second-order valence-electron chi connectivity index (χ2n) is 4.13. The Hall–Kier alpha value is -1.83. The highest BCUT2D eigenvalue weighted by Crippen LogP contribution is 2.21. The Morgan fingerprint density at radius 1 is 1.12 bits per heavy atom. The van der Waals surface area contributed by atoms with Crippen molar-refractivity contribution in [2.75, 3.05) is 5.32 Å². The third-order valence-electron chi connectivity index (χ3n) is 2.90. The van der Waals surface area contributed by atoms with E-state index in [1.54, 1.807) is 0 Å². The molecule has 0 fully saturated rings. The van der Waals surface area contributed by atoms with Crippen LogP contribution in [0.5, 0.6) is 0 Å². The molecular formula is C15H18N2. The Morgan fingerprint density at radius 3 is 2.59 bits per heavy atom. The molecule has 1 aromatic carbocycles. The molecule has 1 atom stereocenters. The second-order valence-corrected chi connectivity index (χ2v) is 4.13. The van der Waals surface area contributed by atoms with E-state index in [1.807, 2.05) is 24.4 Å². The predicted molar refractivity (Wildman–Crippen MR) is 72.1 cm³/mol. The summed E-state index contributed by atoms with van der Waals surface area (Å²) in [4.78, 5) is 4.37. The number of para-hydroxylation sites is 1. The number of nitrogens with zero attached hydrogens (tertiary/aromatic N) is 1. The summed E-state index contributed by atoms with van der Waals surface area (Å²) in [6.07, 6.45) is 2.87. The van der Waals surface area contributed by atoms with Crippen LogP contribution in [0.25, 0.3) is 0 Å². The zero-order chi connectivity index (χ0) is 12.1. The van der Waals surface area contributed by atoms with Crippen molar-refractivity contribution in [3.8, 4) is 0 Å². The molecule has 0 aliphatic carbocycles. The number of benzene rings is 1. The van der Waals surface area contributed by atoms with Gasteiger partial charge < -0.3 is 5.32 Å². The van der Waals surface area contributed by atoms with Crippen molar-refractivity contribution < 1.29 is 0 Å². The van der Waals surface area contributed by atoms with Gasteiger partial charge in [-0.1, -0.05) is 31.2 Å². The molecule has 0 spiro atoms. The summed E-state index contributed by atoms with van der Waals surface area (Å²) in [6, 6.07) is 14.7. The van der Waals surface area contributed by atoms with Crippen molar-refractivity contribution in [2.24, 2.45) is 0 Å². The van der Waals surface area contributed by atoms with Crippen LogP contribution < -0.4 is 5.32 Å². The maximum Gasteiger partial charge on any atom is 0.0657 e. The molecule has 0 aliphatic rings. The average molecular weight is 226 g/mol. The Labute approximate surface area is 103 Å². The van der Waals surface area contributed by atoms with Crippen LogP contribution in [0.15, 0.2) is 48.7 Å². The van der Waals surface area contributed by atoms with Gasteiger partial charge in [0.2, 0.25) is 0 Å². The van der Waals surface area contributed by atoms with Gasteiger partial charge in [0.1, 0.15) is 0 Å². The van der Waals surface area contributed by atoms with Gasteiger partial charge in [0.15, 0.2) is 0 Å². The van der Waals surface area contributed by atoms with Crippen LogP contribution in [0.4, 0.5) is 5.69 Å². The summed E-state index contributed by atoms with van der Waals surface area (Å²) < 4.78 is 0. The largest absolute Gasteiger partial charge is 0.377 e. The van der Waals surface area contributed by atoms with Gasteiger partial charge in [-0.2, -0.15) is 0 Å². The number of pyridine rings is 1. The van der Waals surface area contributed by atoms with E-state index in [2.05, 4.69) is 48.4 Å². The van der Waals surface area contributed by atoms with Gasteiger partial charge in [-0.25, -0.2) is 0 Å². The number of nitrogens with one attached hydrogen (secondary N) is 1. The minimum Gasteiger partial charge on any atom is -0.377 e. The van der Waals surface area contributed by atoms with Gasteiger partial charge in [0.05, 0.1) is 11.7 Å². The van der Waals surface area contributed by atoms with Gasteiger partial charge in [-0.15, -0.1) is 0 Å². The maximum atomic E-state index is 4.37. The molecule has 2 heteroatoms. The van der Waals surface area contributed by atoms with E-state index in [0.29, 0.717) is 0 Å². The summed E-state index contributed by atoms with van der Waals surface area (Å²) in [5, 5.41) is 3.52. The quantitative estimate of drug-likeness (QED) is 0.857. The number of anilines is 1. The van der Waals surface area contributed by atoms with Crippen molar-refractivity contribution in [1.82, 2.24) is 4.98 Å². The van der Waals surface area contributed by atoms with Gasteiger partial charge in [0.25, 0.3) is 0 Å². The van der Waals surface area contributed by atoms with Crippen LogP contribution in [0, 0.1) is 0 Å². The molecule has 0 bridgehead atoms. The van der Waals surface area contributed by atoms with Gasteiger partial charge in [-0.05, 0) is 37.1 Å². The van der Waals surface area contributed by atoms with Crippen LogP contribution >= 0.6 is 0 Å². The van der Waals surface area contributed by atoms with E-state index in [0.717, 1.165) is 12.1 Å². The van der Waals surface area contributed by atoms with Crippen LogP contribution in [0.2, 0.25) is 0 Å². The molecule has 88 valence electrons. The summed E-state index contributed by atoms with van der Waals surface area (Å²) in [6.45, 7) is 4.31. The van der Waals surface area contributed by atoms with Crippen molar-refractivity contribution in [3.05, 3.63) is 59.9 Å². The number of hydrogen-bond donors (Lipinski definition) is 1. The third-order valence-corrected chi connectivity index (χ3v) is 2.90. The van der Waals surface area contributed by atoms with Crippen LogP contribution in [0.1, 0.15) is 31.1 Å². The zero-order valence-corrected chi connectivity index (χ0v) is 10.4. The maximum absolute atomic E-state index is 4.37. The lowest BCUT2D eigenvalue weighted by Crippen LogP contribution is -2.09. The first-order valence-electron chi connectivity index (χ1n) is 6.06. The van der Waals surface area contributed by atoms with Crippen LogP contribution in [-0.4, -0.2) is 4.98 Å². The van der Waals surface area contributed by atoms with Gasteiger partial charge >= 0.3 is 0 Å². The molecule has 0 aliphatic heterocycles. The standard InChI is InChI=1S/C15H18N2/c1-3-13-8-4-5-10-15(13)17-12(2)14-9-6-7-11-16-14/h4-12,17H,3H2,1-2H3. The first-order chi connectivity index (χ1) is 8.31. The fraction of sp³-hybridized carbons (Fsp3) is 0.267. The molecule has 2 aromatic rings. The molecule has 0 saturated carbocycles. The fourth-order valence-electron chi connectivity index (χ4n) is 1.91. The highest BCUT2D eigenvalue weighted by molar-refractivity contribution is 5.52. The van der Waals surface area contributed by atoms with Crippen LogP contribution in [-0.2, 0) is 6.42 Å². The van der Waals surface area contributed by atoms with E-state index >= 15 is 0 Å². The molecule has 2 nitrogen and oxygen atoms in total. The lowest BCUT2D eigenvalue weighted by Gasteiger charge is -2.17. The van der Waals surface area contributed by atoms with Crippen molar-refractivity contribution >= 4 is 5.69 Å². The molecule has 2 rings (SSSR count). The minimum atomic E-state index is 0.226. The zero-order valence-electron chi connectivity index (χ0n) is 10.4. The topological polar surface area (TPSA) is 24.9 Å². The van der Waals surface area contributed by atoms with E-state index in [4.69, 9.17) is 0 Å². The number of hydrogen-bond acceptors (Lipinski definition) is 2. The summed E-state index contributed by atoms with van der Waals surface area (Å²) in [7, 11) is 0. The SMILES string of the molecule is CCc1ccccc1NC(C)c1ccccn1. The Kier molecular flexibility index (Phi) is 3.76. The molecule has 17 heavy (non-hydrogen) atoms. The molecule has 0 amide bonds. The monoisotopic (exact) mass is 226 g/mol. The predicted octanol–water partition coefficient (Wildman–Crippen LogP) is 3.82. The molecule has 1 unspecified atom stereocenters. The van der Waals surface area contributed by atoms with Crippen molar-refractivity contribution in [2.45, 2.75) is 26.3 Å². The Morgan fingerprint density at radius 2 is 1.88 bits per heavy atom. The van der Waals surface area contributed by atoms with E-state index in [9.17, 15) is 0 Å². The first-order valence-corrected chi connectivity index (χ1v) is 6.06. The lowest BCUT2D eigenvalue weighted by molar-refractivity contribution is 0.836. The molecule has 0 radical (unpaired) electrons. The van der Waals surface area contributed by atoms with E-state index < -0.39 is 0 Å². The van der Waals surface area contributed by atoms with E-state index in [1.165, 1.54) is 11.3 Å². The van der Waals surface area contributed by atoms with Crippen molar-refractivity contribution in [3.63, 3.8) is 0 Å². The van der Waals surface area contributed by atoms with E-state index in [-0.39, 0.29) is 6.04 Å². The number of aromatic nitrogens is 1. The highest BCUT2D eigenvalue weighted by atomic mass is 14.9. The Balaban J connectivity index is 2.16. The average Bonchev–Trinajstić information content (AvgIpc) is 2.40. The summed E-state index contributed by atoms with van der Waals surface area (Å²) in [5.74, 6) is 0. The number of aryl methyl sites for hydroxylation is 1. The highest BCUT2D eigenvalue weighted by Gasteiger charge is 2.07. The molecule has 1 heterocycles. The molecule has 1 aromatic heterocycles. The normalized spacial score (nSPS) is 12.1. The van der Waals surface area contributed by atoms with Gasteiger partial charge in [0, 0.05) is 11.9 Å². The Bertz CT molecular complexity index is 465. The minimum absolute atomic E-state index is 0.226. The second kappa shape index (κ2) is 5.48. The lowest BCUT2D eigenvalue weighted by atomic mass is 10.1. The third kappa shape index (κ3) is 2.84. The summed E-state index contributed by atoms with van der Waals surface area (Å²) >= 11 is 0. The van der Waals surface area contributed by atoms with Gasteiger partial charge in [-0.3, -0.25) is 4.98 Å². The molecular weight excluding hydrogens is 208 g/mol. The van der Waals surface area contributed by atoms with Crippen LogP contribution in [0.3, 0.4) is 0 Å². The molecule has 1 N–H and O–H groups in total.